The summed E-state index contributed by atoms with van der Waals surface area (Å²) < 4.78 is 5.22. The van der Waals surface area contributed by atoms with Crippen LogP contribution in [0.15, 0.2) is 4.52 Å². The fraction of sp³-hybridized carbons (Fsp3) is 0.455. The molecule has 6 heteroatoms. The van der Waals surface area contributed by atoms with E-state index in [1.54, 1.807) is 11.3 Å². The Bertz CT molecular complexity index is 547. The molecule has 1 aliphatic carbocycles. The molecular formula is C11H13N3O2S. The number of hydrogen-bond donors (Lipinski definition) is 2. The lowest BCUT2D eigenvalue weighted by molar-refractivity contribution is 0.293. The van der Waals surface area contributed by atoms with Crippen LogP contribution in [0.25, 0.3) is 11.5 Å². The molecule has 17 heavy (non-hydrogen) atoms. The number of anilines is 1. The number of rotatable bonds is 3. The van der Waals surface area contributed by atoms with Crippen molar-refractivity contribution >= 4 is 16.3 Å². The van der Waals surface area contributed by atoms with Crippen molar-refractivity contribution in [3.63, 3.8) is 0 Å². The second-order valence-corrected chi connectivity index (χ2v) is 5.22. The first-order valence-electron chi connectivity index (χ1n) is 5.63. The number of aryl methyl sites for hydroxylation is 1. The molecule has 2 heterocycles. The fourth-order valence-corrected chi connectivity index (χ4v) is 3.37. The highest BCUT2D eigenvalue weighted by atomic mass is 32.1. The zero-order valence-corrected chi connectivity index (χ0v) is 10.1. The molecule has 2 aromatic rings. The molecule has 0 aliphatic heterocycles. The quantitative estimate of drug-likeness (QED) is 0.861. The van der Waals surface area contributed by atoms with Gasteiger partial charge >= 0.3 is 0 Å². The molecule has 1 aliphatic rings. The summed E-state index contributed by atoms with van der Waals surface area (Å²) in [5, 5.41) is 13.4. The average Bonchev–Trinajstić information content (AvgIpc) is 2.94. The summed E-state index contributed by atoms with van der Waals surface area (Å²) in [4.78, 5) is 5.62. The number of aliphatic hydroxyl groups is 1. The molecular weight excluding hydrogens is 238 g/mol. The molecule has 3 N–H and O–H groups in total. The summed E-state index contributed by atoms with van der Waals surface area (Å²) in [6, 6.07) is 0. The summed E-state index contributed by atoms with van der Waals surface area (Å²) in [6.45, 7) is 0.0240. The number of thiophene rings is 1. The van der Waals surface area contributed by atoms with Crippen LogP contribution in [-0.2, 0) is 19.3 Å². The van der Waals surface area contributed by atoms with E-state index in [1.165, 1.54) is 16.9 Å². The Hall–Kier alpha value is -1.40. The molecule has 90 valence electrons. The minimum Gasteiger partial charge on any atom is -0.396 e. The molecule has 3 rings (SSSR count). The summed E-state index contributed by atoms with van der Waals surface area (Å²) in [7, 11) is 0. The fourth-order valence-electron chi connectivity index (χ4n) is 2.22. The SMILES string of the molecule is Nc1sc2c(c1-c1nc(CCO)no1)CCC2. The molecule has 0 saturated heterocycles. The Morgan fingerprint density at radius 1 is 1.41 bits per heavy atom. The van der Waals surface area contributed by atoms with Crippen LogP contribution >= 0.6 is 11.3 Å². The highest BCUT2D eigenvalue weighted by Gasteiger charge is 2.25. The molecule has 2 aromatic heterocycles. The lowest BCUT2D eigenvalue weighted by Crippen LogP contribution is -1.93. The predicted octanol–water partition coefficient (Wildman–Crippen LogP) is 1.40. The Kier molecular flexibility index (Phi) is 2.60. The van der Waals surface area contributed by atoms with Crippen molar-refractivity contribution in [3.8, 4) is 11.5 Å². The lowest BCUT2D eigenvalue weighted by Gasteiger charge is -1.96. The molecule has 0 spiro atoms. The van der Waals surface area contributed by atoms with E-state index in [4.69, 9.17) is 15.4 Å². The van der Waals surface area contributed by atoms with E-state index in [1.807, 2.05) is 0 Å². The maximum Gasteiger partial charge on any atom is 0.261 e. The van der Waals surface area contributed by atoms with Crippen LogP contribution in [0.3, 0.4) is 0 Å². The van der Waals surface area contributed by atoms with Gasteiger partial charge in [0.05, 0.1) is 17.2 Å². The number of nitrogens with two attached hydrogens (primary N) is 1. The van der Waals surface area contributed by atoms with Gasteiger partial charge in [-0.1, -0.05) is 5.16 Å². The topological polar surface area (TPSA) is 85.2 Å². The van der Waals surface area contributed by atoms with Crippen LogP contribution in [0.2, 0.25) is 0 Å². The van der Waals surface area contributed by atoms with Crippen molar-refractivity contribution in [2.45, 2.75) is 25.7 Å². The third kappa shape index (κ3) is 1.73. The van der Waals surface area contributed by atoms with E-state index in [2.05, 4.69) is 10.1 Å². The summed E-state index contributed by atoms with van der Waals surface area (Å²) >= 11 is 1.62. The molecule has 0 radical (unpaired) electrons. The third-order valence-electron chi connectivity index (χ3n) is 2.97. The van der Waals surface area contributed by atoms with Crippen molar-refractivity contribution in [3.05, 3.63) is 16.3 Å². The Labute approximate surface area is 102 Å². The average molecular weight is 251 g/mol. The molecule has 0 bridgehead atoms. The Morgan fingerprint density at radius 2 is 2.29 bits per heavy atom. The van der Waals surface area contributed by atoms with E-state index >= 15 is 0 Å². The first-order chi connectivity index (χ1) is 8.29. The smallest absolute Gasteiger partial charge is 0.261 e. The number of hydrogen-bond acceptors (Lipinski definition) is 6. The first-order valence-corrected chi connectivity index (χ1v) is 6.45. The van der Waals surface area contributed by atoms with Crippen LogP contribution < -0.4 is 5.73 Å². The maximum atomic E-state index is 8.82. The monoisotopic (exact) mass is 251 g/mol. The Morgan fingerprint density at radius 3 is 3.12 bits per heavy atom. The third-order valence-corrected chi connectivity index (χ3v) is 4.09. The molecule has 0 fully saturated rings. The van der Waals surface area contributed by atoms with Crippen LogP contribution in [0.5, 0.6) is 0 Å². The van der Waals surface area contributed by atoms with Gasteiger partial charge in [-0.2, -0.15) is 4.98 Å². The van der Waals surface area contributed by atoms with Gasteiger partial charge < -0.3 is 15.4 Å². The molecule has 0 saturated carbocycles. The predicted molar refractivity (Wildman–Crippen MR) is 64.8 cm³/mol. The van der Waals surface area contributed by atoms with Gasteiger partial charge in [-0.05, 0) is 24.8 Å². The zero-order chi connectivity index (χ0) is 11.8. The summed E-state index contributed by atoms with van der Waals surface area (Å²) in [6.07, 6.45) is 3.72. The second kappa shape index (κ2) is 4.12. The first kappa shape index (κ1) is 10.7. The van der Waals surface area contributed by atoms with Gasteiger partial charge in [0.1, 0.15) is 0 Å². The summed E-state index contributed by atoms with van der Waals surface area (Å²) in [5.41, 5.74) is 8.19. The van der Waals surface area contributed by atoms with E-state index in [0.29, 0.717) is 18.1 Å². The van der Waals surface area contributed by atoms with Crippen molar-refractivity contribution < 1.29 is 9.63 Å². The molecule has 0 aromatic carbocycles. The highest BCUT2D eigenvalue weighted by molar-refractivity contribution is 7.16. The van der Waals surface area contributed by atoms with E-state index in [-0.39, 0.29) is 6.61 Å². The number of aliphatic hydroxyl groups excluding tert-OH is 1. The van der Waals surface area contributed by atoms with Gasteiger partial charge in [0.2, 0.25) is 0 Å². The zero-order valence-electron chi connectivity index (χ0n) is 9.27. The van der Waals surface area contributed by atoms with E-state index in [9.17, 15) is 0 Å². The van der Waals surface area contributed by atoms with Crippen molar-refractivity contribution in [1.82, 2.24) is 10.1 Å². The van der Waals surface area contributed by atoms with E-state index < -0.39 is 0 Å². The molecule has 0 amide bonds. The van der Waals surface area contributed by atoms with Gasteiger partial charge in [0.15, 0.2) is 5.82 Å². The van der Waals surface area contributed by atoms with Gasteiger partial charge in [-0.25, -0.2) is 0 Å². The van der Waals surface area contributed by atoms with E-state index in [0.717, 1.165) is 23.4 Å². The van der Waals surface area contributed by atoms with Crippen molar-refractivity contribution in [1.29, 1.82) is 0 Å². The second-order valence-electron chi connectivity index (χ2n) is 4.09. The Balaban J connectivity index is 2.02. The van der Waals surface area contributed by atoms with Crippen LogP contribution in [-0.4, -0.2) is 21.9 Å². The van der Waals surface area contributed by atoms with Crippen LogP contribution in [0.1, 0.15) is 22.7 Å². The van der Waals surface area contributed by atoms with Gasteiger partial charge in [-0.3, -0.25) is 0 Å². The number of fused-ring (bicyclic) bond motifs is 1. The molecule has 0 unspecified atom stereocenters. The van der Waals surface area contributed by atoms with Crippen molar-refractivity contribution in [2.75, 3.05) is 12.3 Å². The maximum absolute atomic E-state index is 8.82. The van der Waals surface area contributed by atoms with Crippen LogP contribution in [0.4, 0.5) is 5.00 Å². The standard InChI is InChI=1S/C11H13N3O2S/c12-10-9(6-2-1-3-7(6)17-10)11-13-8(4-5-15)14-16-11/h15H,1-5,12H2. The van der Waals surface area contributed by atoms with Gasteiger partial charge in [0, 0.05) is 11.3 Å². The minimum absolute atomic E-state index is 0.0240. The van der Waals surface area contributed by atoms with Crippen molar-refractivity contribution in [2.24, 2.45) is 0 Å². The highest BCUT2D eigenvalue weighted by Crippen LogP contribution is 2.42. The normalized spacial score (nSPS) is 14.2. The minimum atomic E-state index is 0.0240. The molecule has 5 nitrogen and oxygen atoms in total. The number of nitrogens with zero attached hydrogens (tertiary/aromatic N) is 2. The van der Waals surface area contributed by atoms with Gasteiger partial charge in [0.25, 0.3) is 5.89 Å². The molecule has 0 atom stereocenters. The summed E-state index contributed by atoms with van der Waals surface area (Å²) in [5.74, 6) is 1.02. The number of aromatic nitrogens is 2. The largest absolute Gasteiger partial charge is 0.396 e. The lowest BCUT2D eigenvalue weighted by atomic mass is 10.1. The van der Waals surface area contributed by atoms with Crippen LogP contribution in [0, 0.1) is 0 Å². The van der Waals surface area contributed by atoms with Gasteiger partial charge in [-0.15, -0.1) is 11.3 Å². The number of nitrogen functional groups attached to an aromatic ring is 1.